The monoisotopic (exact) mass is 599 g/mol. The first-order valence-electron chi connectivity index (χ1n) is 11.2. The highest BCUT2D eigenvalue weighted by Crippen LogP contribution is 2.22. The third kappa shape index (κ3) is 8.88. The van der Waals surface area contributed by atoms with Crippen molar-refractivity contribution in [2.24, 2.45) is 0 Å². The lowest BCUT2D eigenvalue weighted by molar-refractivity contribution is 0.0981. The van der Waals surface area contributed by atoms with Crippen LogP contribution in [-0.2, 0) is 43.0 Å². The van der Waals surface area contributed by atoms with Crippen LogP contribution in [-0.4, -0.2) is 58.2 Å². The van der Waals surface area contributed by atoms with Gasteiger partial charge >= 0.3 is 0 Å². The molecule has 0 aliphatic carbocycles. The van der Waals surface area contributed by atoms with E-state index in [9.17, 15) is 30.0 Å². The van der Waals surface area contributed by atoms with Gasteiger partial charge in [-0.1, -0.05) is 29.8 Å². The molecule has 10 nitrogen and oxygen atoms in total. The molecule has 0 spiro atoms. The predicted octanol–water partition coefficient (Wildman–Crippen LogP) is 2.62. The summed E-state index contributed by atoms with van der Waals surface area (Å²) in [4.78, 5) is 16.7. The Morgan fingerprint density at radius 1 is 0.868 bits per heavy atom. The van der Waals surface area contributed by atoms with Crippen molar-refractivity contribution in [3.8, 4) is 0 Å². The lowest BCUT2D eigenvalue weighted by Crippen LogP contribution is -2.33. The van der Waals surface area contributed by atoms with Crippen LogP contribution in [0.2, 0.25) is 5.02 Å². The Balaban J connectivity index is 1.76. The number of hydrogen-bond acceptors (Lipinski definition) is 8. The minimum atomic E-state index is -4.04. The zero-order chi connectivity index (χ0) is 28.0. The summed E-state index contributed by atoms with van der Waals surface area (Å²) >= 11 is 5.91. The maximum absolute atomic E-state index is 13.4. The van der Waals surface area contributed by atoms with E-state index in [0.717, 1.165) is 6.26 Å². The summed E-state index contributed by atoms with van der Waals surface area (Å²) in [5, 5.41) is 0.395. The molecule has 1 heterocycles. The molecule has 1 N–H and O–H groups in total. The molecule has 1 amide bonds. The van der Waals surface area contributed by atoms with Gasteiger partial charge in [-0.05, 0) is 60.5 Å². The molecule has 0 saturated heterocycles. The largest absolute Gasteiger partial charge is 0.268 e. The van der Waals surface area contributed by atoms with Crippen molar-refractivity contribution < 1.29 is 30.0 Å². The normalized spacial score (nSPS) is 12.4. The van der Waals surface area contributed by atoms with E-state index in [0.29, 0.717) is 16.3 Å². The van der Waals surface area contributed by atoms with E-state index in [2.05, 4.69) is 4.98 Å². The van der Waals surface area contributed by atoms with Crippen molar-refractivity contribution in [1.29, 1.82) is 0 Å². The highest BCUT2D eigenvalue weighted by Gasteiger charge is 2.26. The number of pyridine rings is 1. The summed E-state index contributed by atoms with van der Waals surface area (Å²) in [5.41, 5.74) is 1.12. The van der Waals surface area contributed by atoms with E-state index in [1.165, 1.54) is 52.8 Å². The van der Waals surface area contributed by atoms with E-state index < -0.39 is 41.5 Å². The summed E-state index contributed by atoms with van der Waals surface area (Å²) in [6.45, 7) is -0.0625. The number of carbonyl (C=O) groups excluding carboxylic acids is 1. The number of sulfone groups is 1. The lowest BCUT2D eigenvalue weighted by Gasteiger charge is -2.22. The second kappa shape index (κ2) is 12.3. The molecule has 2 aromatic carbocycles. The van der Waals surface area contributed by atoms with E-state index in [1.54, 1.807) is 24.4 Å². The van der Waals surface area contributed by atoms with Crippen molar-refractivity contribution in [2.45, 2.75) is 24.4 Å². The second-order valence-electron chi connectivity index (χ2n) is 8.48. The van der Waals surface area contributed by atoms with Crippen LogP contribution >= 0.6 is 11.6 Å². The van der Waals surface area contributed by atoms with E-state index in [1.807, 2.05) is 4.72 Å². The number of halogens is 1. The number of benzene rings is 2. The number of rotatable bonds is 12. The van der Waals surface area contributed by atoms with Gasteiger partial charge in [-0.15, -0.1) is 0 Å². The van der Waals surface area contributed by atoms with Crippen molar-refractivity contribution in [1.82, 2.24) is 14.0 Å². The maximum atomic E-state index is 13.4. The Morgan fingerprint density at radius 3 is 2.11 bits per heavy atom. The Labute approximate surface area is 227 Å². The smallest absolute Gasteiger partial charge is 0.264 e. The van der Waals surface area contributed by atoms with E-state index in [-0.39, 0.29) is 35.7 Å². The number of amides is 1. The fourth-order valence-corrected chi connectivity index (χ4v) is 6.78. The lowest BCUT2D eigenvalue weighted by atomic mass is 10.1. The third-order valence-corrected chi connectivity index (χ3v) is 9.68. The van der Waals surface area contributed by atoms with Crippen LogP contribution < -0.4 is 4.72 Å². The van der Waals surface area contributed by atoms with Crippen LogP contribution in [0.4, 0.5) is 0 Å². The zero-order valence-corrected chi connectivity index (χ0v) is 23.5. The van der Waals surface area contributed by atoms with Crippen LogP contribution in [0.1, 0.15) is 28.0 Å². The van der Waals surface area contributed by atoms with E-state index in [4.69, 9.17) is 11.6 Å². The number of hydrogen-bond donors (Lipinski definition) is 1. The van der Waals surface area contributed by atoms with Crippen LogP contribution in [0.5, 0.6) is 0 Å². The molecular formula is C24H26ClN3O7S3. The molecule has 0 unspecified atom stereocenters. The van der Waals surface area contributed by atoms with E-state index >= 15 is 0 Å². The van der Waals surface area contributed by atoms with Gasteiger partial charge in [-0.25, -0.2) is 30.0 Å². The fraction of sp³-hybridized carbons (Fsp3) is 0.250. The number of aromatic nitrogens is 1. The summed E-state index contributed by atoms with van der Waals surface area (Å²) in [7, 11) is -11.3. The summed E-state index contributed by atoms with van der Waals surface area (Å²) in [6.07, 6.45) is 2.41. The van der Waals surface area contributed by atoms with Crippen LogP contribution in [0.3, 0.4) is 0 Å². The molecule has 0 aliphatic heterocycles. The number of sulfonamides is 2. The Morgan fingerprint density at radius 2 is 1.53 bits per heavy atom. The predicted molar refractivity (Wildman–Crippen MR) is 144 cm³/mol. The van der Waals surface area contributed by atoms with Crippen molar-refractivity contribution in [3.63, 3.8) is 0 Å². The molecule has 0 atom stereocenters. The molecule has 0 bridgehead atoms. The third-order valence-electron chi connectivity index (χ3n) is 5.27. The summed E-state index contributed by atoms with van der Waals surface area (Å²) in [6, 6.07) is 16.8. The molecule has 0 radical (unpaired) electrons. The zero-order valence-electron chi connectivity index (χ0n) is 20.3. The van der Waals surface area contributed by atoms with Crippen molar-refractivity contribution >= 4 is 47.4 Å². The molecule has 3 aromatic rings. The van der Waals surface area contributed by atoms with Gasteiger partial charge in [-0.2, -0.15) is 4.31 Å². The summed E-state index contributed by atoms with van der Waals surface area (Å²) in [5.74, 6) is -1.71. The average Bonchev–Trinajstić information content (AvgIpc) is 2.83. The first-order valence-corrected chi connectivity index (χ1v) is 16.8. The van der Waals surface area contributed by atoms with Gasteiger partial charge < -0.3 is 0 Å². The van der Waals surface area contributed by atoms with Gasteiger partial charge in [0.15, 0.2) is 0 Å². The highest BCUT2D eigenvalue weighted by molar-refractivity contribution is 7.91. The Bertz CT molecular complexity index is 1580. The molecular weight excluding hydrogens is 574 g/mol. The minimum absolute atomic E-state index is 0.0141. The van der Waals surface area contributed by atoms with Crippen molar-refractivity contribution in [3.05, 3.63) is 94.8 Å². The fourth-order valence-electron chi connectivity index (χ4n) is 3.38. The molecule has 204 valence electrons. The van der Waals surface area contributed by atoms with Gasteiger partial charge in [-0.3, -0.25) is 9.78 Å². The number of nitrogens with zero attached hydrogens (tertiary/aromatic N) is 2. The molecule has 14 heteroatoms. The maximum Gasteiger partial charge on any atom is 0.264 e. The molecule has 38 heavy (non-hydrogen) atoms. The van der Waals surface area contributed by atoms with Crippen LogP contribution in [0.25, 0.3) is 0 Å². The van der Waals surface area contributed by atoms with Gasteiger partial charge in [0.1, 0.15) is 9.84 Å². The second-order valence-corrected chi connectivity index (χ2v) is 15.0. The molecule has 0 saturated carbocycles. The Hall–Kier alpha value is -2.84. The van der Waals surface area contributed by atoms with Gasteiger partial charge in [0.2, 0.25) is 20.0 Å². The molecule has 3 rings (SSSR count). The molecule has 0 fully saturated rings. The number of nitrogens with one attached hydrogen (secondary N) is 1. The average molecular weight is 600 g/mol. The van der Waals surface area contributed by atoms with Gasteiger partial charge in [0.25, 0.3) is 5.91 Å². The summed E-state index contributed by atoms with van der Waals surface area (Å²) < 4.78 is 76.7. The topological polar surface area (TPSA) is 148 Å². The molecule has 0 aliphatic rings. The highest BCUT2D eigenvalue weighted by atomic mass is 35.5. The van der Waals surface area contributed by atoms with Crippen LogP contribution in [0, 0.1) is 0 Å². The van der Waals surface area contributed by atoms with Gasteiger partial charge in [0, 0.05) is 29.6 Å². The molecule has 1 aromatic heterocycles. The first kappa shape index (κ1) is 29.7. The number of carbonyl (C=O) groups is 1. The van der Waals surface area contributed by atoms with Crippen molar-refractivity contribution in [2.75, 3.05) is 17.8 Å². The SMILES string of the molecule is CS(=O)(=O)CCCS(=O)(=O)NC(=O)c1ccc(CN(Cc2ccccn2)S(=O)(=O)c2ccc(Cl)cc2)cc1. The van der Waals surface area contributed by atoms with Crippen LogP contribution in [0.15, 0.2) is 77.8 Å². The van der Waals surface area contributed by atoms with Gasteiger partial charge in [0.05, 0.1) is 28.6 Å². The quantitative estimate of drug-likeness (QED) is 0.334. The Kier molecular flexibility index (Phi) is 9.65. The minimum Gasteiger partial charge on any atom is -0.268 e. The standard InChI is InChI=1S/C24H26ClN3O7S3/c1-36(30,31)15-4-16-37(32,33)27-24(29)20-8-6-19(7-9-20)17-28(18-22-5-2-3-14-26-22)38(34,35)23-12-10-21(25)11-13-23/h2-3,5-14H,4,15-18H2,1H3,(H,27,29). The first-order chi connectivity index (χ1) is 17.7.